The second kappa shape index (κ2) is 7.04. The van der Waals surface area contributed by atoms with Crippen LogP contribution in [0.25, 0.3) is 0 Å². The molecule has 1 N–H and O–H groups in total. The minimum atomic E-state index is -1.19. The number of ether oxygens (including phenoxy) is 1. The third kappa shape index (κ3) is 2.79. The van der Waals surface area contributed by atoms with E-state index in [1.54, 1.807) is 6.92 Å². The van der Waals surface area contributed by atoms with Crippen molar-refractivity contribution in [2.75, 3.05) is 6.61 Å². The van der Waals surface area contributed by atoms with Crippen molar-refractivity contribution in [2.24, 2.45) is 28.6 Å². The van der Waals surface area contributed by atoms with Crippen LogP contribution in [0, 0.1) is 28.6 Å². The van der Waals surface area contributed by atoms with Crippen molar-refractivity contribution in [3.8, 4) is 0 Å². The van der Waals surface area contributed by atoms with E-state index in [1.807, 2.05) is 6.08 Å². The fourth-order valence-corrected chi connectivity index (χ4v) is 7.63. The minimum Gasteiger partial charge on any atom is -0.450 e. The first-order chi connectivity index (χ1) is 13.7. The Hall–Kier alpha value is -1.49. The molecule has 0 aromatic rings. The molecule has 0 heterocycles. The second-order valence-corrected chi connectivity index (χ2v) is 10.2. The highest BCUT2D eigenvalue weighted by atomic mass is 16.6. The fraction of sp³-hybridized carbons (Fsp3) is 0.792. The fourth-order valence-electron chi connectivity index (χ4n) is 7.63. The van der Waals surface area contributed by atoms with Crippen molar-refractivity contribution < 1.29 is 24.2 Å². The lowest BCUT2D eigenvalue weighted by Crippen LogP contribution is -2.59. The van der Waals surface area contributed by atoms with Crippen LogP contribution in [0.3, 0.4) is 0 Å². The molecule has 4 aliphatic rings. The summed E-state index contributed by atoms with van der Waals surface area (Å²) in [5.41, 5.74) is -0.221. The summed E-state index contributed by atoms with van der Waals surface area (Å²) in [5.74, 6) is 0.846. The molecule has 29 heavy (non-hydrogen) atoms. The molecule has 5 nitrogen and oxygen atoms in total. The first kappa shape index (κ1) is 20.8. The van der Waals surface area contributed by atoms with Crippen LogP contribution >= 0.6 is 0 Å². The summed E-state index contributed by atoms with van der Waals surface area (Å²) in [7, 11) is 0. The third-order valence-electron chi connectivity index (χ3n) is 9.25. The number of carbonyl (C=O) groups is 3. The molecule has 5 heteroatoms. The van der Waals surface area contributed by atoms with Gasteiger partial charge in [0.05, 0.1) is 0 Å². The Morgan fingerprint density at radius 2 is 1.83 bits per heavy atom. The average Bonchev–Trinajstić information content (AvgIpc) is 3.01. The van der Waals surface area contributed by atoms with E-state index in [9.17, 15) is 19.5 Å². The maximum absolute atomic E-state index is 13.0. The van der Waals surface area contributed by atoms with Crippen molar-refractivity contribution in [1.82, 2.24) is 0 Å². The van der Waals surface area contributed by atoms with Crippen molar-refractivity contribution in [3.63, 3.8) is 0 Å². The number of allylic oxidation sites excluding steroid dienone is 1. The van der Waals surface area contributed by atoms with E-state index < -0.39 is 17.6 Å². The first-order valence-corrected chi connectivity index (χ1v) is 11.3. The standard InChI is InChI=1S/C24H34O5/c1-4-21(28)29-24(20(27)14-25)12-9-19-17-6-5-15-13-16(26)7-10-22(15,2)18(17)8-11-23(19,24)3/h13,17-19,25H,4-12,14H2,1-3H3/t17-,18+,19+,22+,23+,24-/m1/s1. The predicted molar refractivity (Wildman–Crippen MR) is 108 cm³/mol. The monoisotopic (exact) mass is 402 g/mol. The highest BCUT2D eigenvalue weighted by molar-refractivity contribution is 5.92. The van der Waals surface area contributed by atoms with Gasteiger partial charge in [-0.25, -0.2) is 0 Å². The summed E-state index contributed by atoms with van der Waals surface area (Å²) < 4.78 is 5.89. The number of carbonyl (C=O) groups excluding carboxylic acids is 3. The SMILES string of the molecule is CCC(=O)O[C@@]1(C(=O)CO)CC[C@H]2[C@@H]3CCC4=CC(=O)CC[C@]4(C)[C@H]3CC[C@@]21C. The van der Waals surface area contributed by atoms with E-state index in [-0.39, 0.29) is 29.4 Å². The molecule has 3 saturated carbocycles. The van der Waals surface area contributed by atoms with Crippen LogP contribution in [0.5, 0.6) is 0 Å². The van der Waals surface area contributed by atoms with E-state index >= 15 is 0 Å². The lowest BCUT2D eigenvalue weighted by molar-refractivity contribution is -0.191. The first-order valence-electron chi connectivity index (χ1n) is 11.3. The quantitative estimate of drug-likeness (QED) is 0.724. The molecule has 4 rings (SSSR count). The predicted octanol–water partition coefficient (Wildman–Crippen LogP) is 3.77. The molecule has 0 aliphatic heterocycles. The molecule has 3 fully saturated rings. The zero-order valence-electron chi connectivity index (χ0n) is 18.0. The highest BCUT2D eigenvalue weighted by Crippen LogP contribution is 2.68. The zero-order chi connectivity index (χ0) is 21.0. The van der Waals surface area contributed by atoms with Crippen molar-refractivity contribution in [1.29, 1.82) is 0 Å². The van der Waals surface area contributed by atoms with Crippen LogP contribution in [0.1, 0.15) is 78.6 Å². The van der Waals surface area contributed by atoms with Gasteiger partial charge in [-0.1, -0.05) is 26.3 Å². The molecule has 0 saturated heterocycles. The summed E-state index contributed by atoms with van der Waals surface area (Å²) in [6.07, 6.45) is 8.84. The van der Waals surface area contributed by atoms with Gasteiger partial charge in [-0.05, 0) is 74.2 Å². The number of fused-ring (bicyclic) bond motifs is 5. The molecule has 4 aliphatic carbocycles. The molecule has 0 bridgehead atoms. The van der Waals surface area contributed by atoms with Crippen LogP contribution in [0.15, 0.2) is 11.6 Å². The van der Waals surface area contributed by atoms with Crippen LogP contribution in [0.4, 0.5) is 0 Å². The van der Waals surface area contributed by atoms with Gasteiger partial charge in [-0.3, -0.25) is 14.4 Å². The number of hydrogen-bond donors (Lipinski definition) is 1. The summed E-state index contributed by atoms with van der Waals surface area (Å²) in [5, 5.41) is 9.72. The molecule has 0 amide bonds. The Balaban J connectivity index is 1.69. The van der Waals surface area contributed by atoms with Gasteiger partial charge in [-0.2, -0.15) is 0 Å². The van der Waals surface area contributed by atoms with Gasteiger partial charge in [0.2, 0.25) is 5.78 Å². The van der Waals surface area contributed by atoms with Crippen LogP contribution in [0.2, 0.25) is 0 Å². The summed E-state index contributed by atoms with van der Waals surface area (Å²) in [4.78, 5) is 37.2. The molecule has 0 spiro atoms. The molecule has 160 valence electrons. The lowest BCUT2D eigenvalue weighted by Gasteiger charge is -2.59. The molecular formula is C24H34O5. The Kier molecular flexibility index (Phi) is 5.04. The number of aliphatic hydroxyl groups is 1. The normalized spacial score (nSPS) is 43.7. The number of Topliss-reactive ketones (excluding diaryl/α,β-unsaturated/α-hetero) is 1. The molecule has 0 aromatic heterocycles. The smallest absolute Gasteiger partial charge is 0.306 e. The maximum atomic E-state index is 13.0. The minimum absolute atomic E-state index is 0.0739. The average molecular weight is 403 g/mol. The van der Waals surface area contributed by atoms with Crippen LogP contribution < -0.4 is 0 Å². The van der Waals surface area contributed by atoms with E-state index in [2.05, 4.69) is 13.8 Å². The molecule has 6 atom stereocenters. The number of hydrogen-bond acceptors (Lipinski definition) is 5. The third-order valence-corrected chi connectivity index (χ3v) is 9.25. The summed E-state index contributed by atoms with van der Waals surface area (Å²) in [6.45, 7) is 5.61. The Labute approximate surface area is 173 Å². The molecule has 0 unspecified atom stereocenters. The van der Waals surface area contributed by atoms with E-state index in [0.29, 0.717) is 30.6 Å². The van der Waals surface area contributed by atoms with Gasteiger partial charge in [0.15, 0.2) is 11.4 Å². The Bertz CT molecular complexity index is 769. The van der Waals surface area contributed by atoms with Gasteiger partial charge in [0.1, 0.15) is 6.61 Å². The number of aliphatic hydroxyl groups excluding tert-OH is 1. The summed E-state index contributed by atoms with van der Waals surface area (Å²) in [6, 6.07) is 0. The number of rotatable bonds is 4. The second-order valence-electron chi connectivity index (χ2n) is 10.2. The molecule has 0 radical (unpaired) electrons. The van der Waals surface area contributed by atoms with Gasteiger partial charge in [-0.15, -0.1) is 0 Å². The molecule has 0 aromatic carbocycles. The van der Waals surface area contributed by atoms with Crippen molar-refractivity contribution >= 4 is 17.5 Å². The Morgan fingerprint density at radius 1 is 1.10 bits per heavy atom. The van der Waals surface area contributed by atoms with Crippen LogP contribution in [-0.4, -0.2) is 34.9 Å². The topological polar surface area (TPSA) is 80.7 Å². The van der Waals surface area contributed by atoms with Crippen LogP contribution in [-0.2, 0) is 19.1 Å². The molecular weight excluding hydrogens is 368 g/mol. The van der Waals surface area contributed by atoms with Gasteiger partial charge < -0.3 is 9.84 Å². The zero-order valence-corrected chi connectivity index (χ0v) is 18.0. The van der Waals surface area contributed by atoms with E-state index in [0.717, 1.165) is 38.5 Å². The van der Waals surface area contributed by atoms with Gasteiger partial charge in [0, 0.05) is 18.3 Å². The van der Waals surface area contributed by atoms with Gasteiger partial charge in [0.25, 0.3) is 0 Å². The largest absolute Gasteiger partial charge is 0.450 e. The maximum Gasteiger partial charge on any atom is 0.306 e. The Morgan fingerprint density at radius 3 is 2.52 bits per heavy atom. The van der Waals surface area contributed by atoms with Crippen molar-refractivity contribution in [3.05, 3.63) is 11.6 Å². The summed E-state index contributed by atoms with van der Waals surface area (Å²) >= 11 is 0. The van der Waals surface area contributed by atoms with Gasteiger partial charge >= 0.3 is 5.97 Å². The highest BCUT2D eigenvalue weighted by Gasteiger charge is 2.68. The number of esters is 1. The van der Waals surface area contributed by atoms with E-state index in [4.69, 9.17) is 4.74 Å². The van der Waals surface area contributed by atoms with E-state index in [1.165, 1.54) is 5.57 Å². The lowest BCUT2D eigenvalue weighted by atomic mass is 9.46. The van der Waals surface area contributed by atoms with Crippen molar-refractivity contribution in [2.45, 2.75) is 84.2 Å². The number of ketones is 2.